The maximum atomic E-state index is 12.1. The molecule has 1 aromatic heterocycles. The Labute approximate surface area is 175 Å². The summed E-state index contributed by atoms with van der Waals surface area (Å²) in [5.41, 5.74) is 5.95. The number of nitrogens with zero attached hydrogens (tertiary/aromatic N) is 1. The molecule has 1 aliphatic carbocycles. The molecule has 0 atom stereocenters. The van der Waals surface area contributed by atoms with Crippen LogP contribution in [0.1, 0.15) is 39.5 Å². The van der Waals surface area contributed by atoms with Crippen LogP contribution in [0.25, 0.3) is 17.2 Å². The van der Waals surface area contributed by atoms with Crippen LogP contribution in [0.3, 0.4) is 0 Å². The summed E-state index contributed by atoms with van der Waals surface area (Å²) in [7, 11) is 0. The number of hydrogen-bond donors (Lipinski definition) is 1. The molecule has 1 heterocycles. The van der Waals surface area contributed by atoms with Gasteiger partial charge in [0.05, 0.1) is 5.69 Å². The van der Waals surface area contributed by atoms with Crippen LogP contribution in [-0.4, -0.2) is 30.5 Å². The molecule has 3 aromatic rings. The molecular formula is C25H22N2O3. The third-order valence-corrected chi connectivity index (χ3v) is 5.20. The molecule has 0 saturated carbocycles. The predicted molar refractivity (Wildman–Crippen MR) is 116 cm³/mol. The number of carbonyl (C=O) groups excluding carboxylic acids is 2. The number of benzene rings is 2. The van der Waals surface area contributed by atoms with Crippen LogP contribution in [0, 0.1) is 0 Å². The fraction of sp³-hybridized carbons (Fsp3) is 0.160. The second-order valence-electron chi connectivity index (χ2n) is 7.04. The van der Waals surface area contributed by atoms with Crippen molar-refractivity contribution in [1.29, 1.82) is 0 Å². The fourth-order valence-corrected chi connectivity index (χ4v) is 3.77. The van der Waals surface area contributed by atoms with Crippen LogP contribution in [0.15, 0.2) is 72.9 Å². The zero-order chi connectivity index (χ0) is 20.8. The molecule has 0 radical (unpaired) electrons. The van der Waals surface area contributed by atoms with Crippen LogP contribution >= 0.6 is 0 Å². The molecule has 0 spiro atoms. The number of rotatable bonds is 7. The predicted octanol–water partition coefficient (Wildman–Crippen LogP) is 4.84. The van der Waals surface area contributed by atoms with Crippen molar-refractivity contribution < 1.29 is 14.3 Å². The number of aldehydes is 1. The Bertz CT molecular complexity index is 1050. The van der Waals surface area contributed by atoms with Gasteiger partial charge in [0.25, 0.3) is 0 Å². The van der Waals surface area contributed by atoms with Crippen molar-refractivity contribution in [2.24, 2.45) is 0 Å². The third kappa shape index (κ3) is 4.15. The van der Waals surface area contributed by atoms with Crippen molar-refractivity contribution in [1.82, 2.24) is 10.3 Å². The van der Waals surface area contributed by atoms with E-state index in [4.69, 9.17) is 4.74 Å². The van der Waals surface area contributed by atoms with Crippen LogP contribution in [-0.2, 0) is 4.74 Å². The van der Waals surface area contributed by atoms with Gasteiger partial charge in [0, 0.05) is 24.2 Å². The number of hydrogen-bond acceptors (Lipinski definition) is 4. The van der Waals surface area contributed by atoms with Crippen LogP contribution in [0.5, 0.6) is 0 Å². The SMILES string of the molecule is O=Cc1cccnc1C=CCCNC(=O)OCC1c2ccccc2-c2ccccc21. The number of fused-ring (bicyclic) bond motifs is 3. The minimum atomic E-state index is -0.434. The molecule has 0 bridgehead atoms. The van der Waals surface area contributed by atoms with E-state index in [0.717, 1.165) is 6.29 Å². The molecule has 5 nitrogen and oxygen atoms in total. The Morgan fingerprint density at radius 2 is 1.70 bits per heavy atom. The Kier molecular flexibility index (Phi) is 5.99. The summed E-state index contributed by atoms with van der Waals surface area (Å²) < 4.78 is 5.51. The van der Waals surface area contributed by atoms with Gasteiger partial charge in [-0.1, -0.05) is 54.6 Å². The lowest BCUT2D eigenvalue weighted by Gasteiger charge is -2.14. The van der Waals surface area contributed by atoms with E-state index in [-0.39, 0.29) is 5.92 Å². The summed E-state index contributed by atoms with van der Waals surface area (Å²) >= 11 is 0. The summed E-state index contributed by atoms with van der Waals surface area (Å²) in [6.07, 6.45) is 6.25. The minimum Gasteiger partial charge on any atom is -0.449 e. The summed E-state index contributed by atoms with van der Waals surface area (Å²) in [6.45, 7) is 0.739. The summed E-state index contributed by atoms with van der Waals surface area (Å²) in [5, 5.41) is 2.77. The molecule has 0 fully saturated rings. The minimum absolute atomic E-state index is 0.0500. The lowest BCUT2D eigenvalue weighted by Crippen LogP contribution is -2.26. The number of amides is 1. The number of ether oxygens (including phenoxy) is 1. The van der Waals surface area contributed by atoms with Crippen molar-refractivity contribution in [2.45, 2.75) is 12.3 Å². The third-order valence-electron chi connectivity index (χ3n) is 5.20. The monoisotopic (exact) mass is 398 g/mol. The van der Waals surface area contributed by atoms with E-state index in [1.165, 1.54) is 22.3 Å². The van der Waals surface area contributed by atoms with E-state index in [1.807, 2.05) is 30.3 Å². The van der Waals surface area contributed by atoms with Gasteiger partial charge in [0.1, 0.15) is 6.61 Å². The van der Waals surface area contributed by atoms with Gasteiger partial charge in [0.15, 0.2) is 6.29 Å². The Morgan fingerprint density at radius 1 is 1.00 bits per heavy atom. The standard InChI is InChI=1S/C25H22N2O3/c28-16-18-8-7-15-26-24(18)13-5-6-14-27-25(29)30-17-23-21-11-3-1-9-19(21)20-10-2-4-12-22(20)23/h1-5,7-13,15-16,23H,6,14,17H2,(H,27,29). The lowest BCUT2D eigenvalue weighted by atomic mass is 9.98. The largest absolute Gasteiger partial charge is 0.449 e. The van der Waals surface area contributed by atoms with Gasteiger partial charge in [-0.25, -0.2) is 4.79 Å². The molecule has 30 heavy (non-hydrogen) atoms. The fourth-order valence-electron chi connectivity index (χ4n) is 3.77. The molecule has 1 aliphatic rings. The van der Waals surface area contributed by atoms with Gasteiger partial charge in [-0.3, -0.25) is 9.78 Å². The molecule has 4 rings (SSSR count). The second-order valence-corrected chi connectivity index (χ2v) is 7.04. The van der Waals surface area contributed by atoms with Gasteiger partial charge >= 0.3 is 6.09 Å². The average molecular weight is 398 g/mol. The first-order valence-corrected chi connectivity index (χ1v) is 9.93. The highest BCUT2D eigenvalue weighted by molar-refractivity contribution is 5.80. The first-order chi connectivity index (χ1) is 14.8. The van der Waals surface area contributed by atoms with E-state index >= 15 is 0 Å². The van der Waals surface area contributed by atoms with E-state index in [9.17, 15) is 9.59 Å². The van der Waals surface area contributed by atoms with Gasteiger partial charge in [-0.15, -0.1) is 0 Å². The van der Waals surface area contributed by atoms with Gasteiger partial charge in [0.2, 0.25) is 0 Å². The second kappa shape index (κ2) is 9.18. The van der Waals surface area contributed by atoms with Crippen LogP contribution < -0.4 is 5.32 Å². The molecular weight excluding hydrogens is 376 g/mol. The summed E-state index contributed by atoms with van der Waals surface area (Å²) in [4.78, 5) is 27.3. The zero-order valence-electron chi connectivity index (χ0n) is 16.5. The van der Waals surface area contributed by atoms with Crippen LogP contribution in [0.2, 0.25) is 0 Å². The summed E-state index contributed by atoms with van der Waals surface area (Å²) in [6, 6.07) is 19.9. The number of carbonyl (C=O) groups is 2. The highest BCUT2D eigenvalue weighted by Gasteiger charge is 2.28. The quantitative estimate of drug-likeness (QED) is 0.457. The lowest BCUT2D eigenvalue weighted by molar-refractivity contribution is 0.112. The Hall–Kier alpha value is -3.73. The molecule has 0 saturated heterocycles. The smallest absolute Gasteiger partial charge is 0.407 e. The van der Waals surface area contributed by atoms with Crippen molar-refractivity contribution in [3.8, 4) is 11.1 Å². The van der Waals surface area contributed by atoms with Gasteiger partial charge in [-0.2, -0.15) is 0 Å². The molecule has 2 aromatic carbocycles. The number of nitrogens with one attached hydrogen (secondary N) is 1. The average Bonchev–Trinajstić information content (AvgIpc) is 3.11. The molecule has 0 aliphatic heterocycles. The molecule has 150 valence electrons. The number of aromatic nitrogens is 1. The van der Waals surface area contributed by atoms with E-state index in [1.54, 1.807) is 24.4 Å². The van der Waals surface area contributed by atoms with Crippen molar-refractivity contribution in [3.05, 3.63) is 95.3 Å². The van der Waals surface area contributed by atoms with Crippen LogP contribution in [0.4, 0.5) is 4.79 Å². The molecule has 0 unspecified atom stereocenters. The number of alkyl carbamates (subject to hydrolysis) is 1. The van der Waals surface area contributed by atoms with E-state index < -0.39 is 6.09 Å². The first-order valence-electron chi connectivity index (χ1n) is 9.93. The molecule has 5 heteroatoms. The van der Waals surface area contributed by atoms with Gasteiger partial charge in [-0.05, 0) is 46.9 Å². The molecule has 1 amide bonds. The topological polar surface area (TPSA) is 68.3 Å². The maximum absolute atomic E-state index is 12.1. The van der Waals surface area contributed by atoms with Crippen molar-refractivity contribution in [2.75, 3.05) is 13.2 Å². The Morgan fingerprint density at radius 3 is 2.40 bits per heavy atom. The van der Waals surface area contributed by atoms with E-state index in [2.05, 4.69) is 34.6 Å². The summed E-state index contributed by atoms with van der Waals surface area (Å²) in [5.74, 6) is 0.0500. The highest BCUT2D eigenvalue weighted by atomic mass is 16.5. The van der Waals surface area contributed by atoms with Gasteiger partial charge < -0.3 is 10.1 Å². The van der Waals surface area contributed by atoms with E-state index in [0.29, 0.717) is 30.8 Å². The first kappa shape index (κ1) is 19.6. The highest BCUT2D eigenvalue weighted by Crippen LogP contribution is 2.44. The number of pyridine rings is 1. The van der Waals surface area contributed by atoms with Crippen molar-refractivity contribution in [3.63, 3.8) is 0 Å². The molecule has 1 N–H and O–H groups in total. The zero-order valence-corrected chi connectivity index (χ0v) is 16.5. The Balaban J connectivity index is 1.28. The maximum Gasteiger partial charge on any atom is 0.407 e. The van der Waals surface area contributed by atoms with Crippen molar-refractivity contribution >= 4 is 18.5 Å². The normalized spacial score (nSPS) is 12.4.